The maximum absolute atomic E-state index is 10.2. The van der Waals surface area contributed by atoms with Crippen molar-refractivity contribution in [3.63, 3.8) is 0 Å². The van der Waals surface area contributed by atoms with Crippen molar-refractivity contribution in [2.24, 2.45) is 11.5 Å². The lowest BCUT2D eigenvalue weighted by Gasteiger charge is -2.07. The highest BCUT2D eigenvalue weighted by molar-refractivity contribution is 7.99. The average Bonchev–Trinajstić information content (AvgIpc) is 2.03. The number of hydrogen-bond acceptors (Lipinski definition) is 5. The van der Waals surface area contributed by atoms with Crippen molar-refractivity contribution in [2.45, 2.75) is 12.1 Å². The molecule has 0 aromatic carbocycles. The molecule has 0 aliphatic rings. The highest BCUT2D eigenvalue weighted by atomic mass is 32.2. The summed E-state index contributed by atoms with van der Waals surface area (Å²) in [5, 5.41) is 16.7. The Morgan fingerprint density at radius 2 is 1.38 bits per heavy atom. The highest BCUT2D eigenvalue weighted by Gasteiger charge is 2.15. The van der Waals surface area contributed by atoms with Crippen LogP contribution in [0.4, 0.5) is 0 Å². The minimum atomic E-state index is -1.10. The number of nitrogens with two attached hydrogens (primary N) is 2. The van der Waals surface area contributed by atoms with Gasteiger partial charge >= 0.3 is 11.9 Å². The fraction of sp³-hybridized carbons (Fsp3) is 0.667. The lowest BCUT2D eigenvalue weighted by atomic mass is 10.4. The second-order valence-corrected chi connectivity index (χ2v) is 3.50. The molecule has 0 spiro atoms. The largest absolute Gasteiger partial charge is 0.480 e. The molecule has 0 heterocycles. The molecule has 0 aliphatic carbocycles. The Bertz CT molecular complexity index is 179. The molecule has 0 aromatic heterocycles. The molecule has 1 unspecified atom stereocenters. The highest BCUT2D eigenvalue weighted by Crippen LogP contribution is 2.03. The fourth-order valence-electron chi connectivity index (χ4n) is 0.465. The van der Waals surface area contributed by atoms with Gasteiger partial charge in [-0.05, 0) is 0 Å². The first-order chi connectivity index (χ1) is 5.95. The predicted molar refractivity (Wildman–Crippen MR) is 48.5 cm³/mol. The zero-order valence-electron chi connectivity index (χ0n) is 6.84. The Morgan fingerprint density at radius 1 is 1.08 bits per heavy atom. The Labute approximate surface area is 79.3 Å². The van der Waals surface area contributed by atoms with Gasteiger partial charge in [0.2, 0.25) is 0 Å². The molecule has 0 aromatic rings. The normalized spacial score (nSPS) is 14.9. The number of carboxylic acid groups (broad SMARTS) is 2. The van der Waals surface area contributed by atoms with Gasteiger partial charge in [-0.25, -0.2) is 0 Å². The van der Waals surface area contributed by atoms with Crippen molar-refractivity contribution in [3.05, 3.63) is 0 Å². The maximum Gasteiger partial charge on any atom is 0.321 e. The fourth-order valence-corrected chi connectivity index (χ4v) is 1.39. The van der Waals surface area contributed by atoms with E-state index < -0.39 is 24.0 Å². The van der Waals surface area contributed by atoms with Crippen molar-refractivity contribution in [3.8, 4) is 0 Å². The van der Waals surface area contributed by atoms with Crippen LogP contribution in [-0.4, -0.2) is 45.7 Å². The SMILES string of the molecule is N[C@@H](CS[13CH2][13CH](N)[13C](=O)O)C(=O)O. The summed E-state index contributed by atoms with van der Waals surface area (Å²) in [5.74, 6) is -1.88. The molecule has 0 amide bonds. The Morgan fingerprint density at radius 3 is 1.62 bits per heavy atom. The van der Waals surface area contributed by atoms with E-state index >= 15 is 0 Å². The molecule has 6 N–H and O–H groups in total. The summed E-state index contributed by atoms with van der Waals surface area (Å²) < 4.78 is 0. The molecule has 13 heavy (non-hydrogen) atoms. The van der Waals surface area contributed by atoms with Crippen molar-refractivity contribution < 1.29 is 19.8 Å². The molecular weight excluding hydrogens is 199 g/mol. The predicted octanol–water partition coefficient (Wildman–Crippen LogP) is -1.46. The van der Waals surface area contributed by atoms with E-state index in [2.05, 4.69) is 0 Å². The van der Waals surface area contributed by atoms with Gasteiger partial charge in [0.15, 0.2) is 0 Å². The first-order valence-corrected chi connectivity index (χ1v) is 4.65. The quantitative estimate of drug-likeness (QED) is 0.395. The summed E-state index contributed by atoms with van der Waals surface area (Å²) in [6.07, 6.45) is 0. The molecule has 0 aliphatic heterocycles. The van der Waals surface area contributed by atoms with E-state index in [0.29, 0.717) is 0 Å². The van der Waals surface area contributed by atoms with Gasteiger partial charge in [0, 0.05) is 11.5 Å². The Kier molecular flexibility index (Phi) is 5.44. The molecular formula is C6H12N2O4S. The number of carbonyl (C=O) groups is 2. The summed E-state index contributed by atoms with van der Waals surface area (Å²) in [5.41, 5.74) is 10.3. The molecule has 0 saturated heterocycles. The van der Waals surface area contributed by atoms with Crippen LogP contribution in [0.2, 0.25) is 0 Å². The Balaban J connectivity index is 3.56. The first kappa shape index (κ1) is 12.2. The number of carboxylic acids is 2. The lowest BCUT2D eigenvalue weighted by Crippen LogP contribution is -2.36. The minimum Gasteiger partial charge on any atom is -0.480 e. The van der Waals surface area contributed by atoms with Crippen LogP contribution in [0.5, 0.6) is 0 Å². The average molecular weight is 211 g/mol. The minimum absolute atomic E-state index is 0.163. The maximum atomic E-state index is 10.2. The number of thioether (sulfide) groups is 1. The second kappa shape index (κ2) is 5.79. The van der Waals surface area contributed by atoms with E-state index in [1.807, 2.05) is 0 Å². The van der Waals surface area contributed by atoms with Crippen LogP contribution < -0.4 is 11.5 Å². The van der Waals surface area contributed by atoms with E-state index in [9.17, 15) is 9.59 Å². The van der Waals surface area contributed by atoms with Crippen molar-refractivity contribution in [2.75, 3.05) is 11.5 Å². The smallest absolute Gasteiger partial charge is 0.321 e. The van der Waals surface area contributed by atoms with Crippen molar-refractivity contribution >= 4 is 23.7 Å². The zero-order chi connectivity index (χ0) is 10.4. The van der Waals surface area contributed by atoms with Crippen LogP contribution in [0.1, 0.15) is 0 Å². The van der Waals surface area contributed by atoms with Gasteiger partial charge in [0.05, 0.1) is 0 Å². The Hall–Kier alpha value is -0.790. The third-order valence-corrected chi connectivity index (χ3v) is 2.42. The topological polar surface area (TPSA) is 127 Å². The van der Waals surface area contributed by atoms with Crippen LogP contribution in [0.25, 0.3) is 0 Å². The van der Waals surface area contributed by atoms with Crippen LogP contribution in [0.3, 0.4) is 0 Å². The zero-order valence-corrected chi connectivity index (χ0v) is 7.66. The number of aliphatic carboxylic acids is 2. The molecule has 0 radical (unpaired) electrons. The van der Waals surface area contributed by atoms with Gasteiger partial charge < -0.3 is 21.7 Å². The van der Waals surface area contributed by atoms with Gasteiger partial charge in [-0.15, -0.1) is 0 Å². The lowest BCUT2D eigenvalue weighted by molar-refractivity contribution is -0.138. The van der Waals surface area contributed by atoms with Gasteiger partial charge in [-0.1, -0.05) is 0 Å². The molecule has 0 rings (SSSR count). The molecule has 0 fully saturated rings. The number of rotatable bonds is 6. The van der Waals surface area contributed by atoms with Crippen LogP contribution in [0.15, 0.2) is 0 Å². The molecule has 0 bridgehead atoms. The first-order valence-electron chi connectivity index (χ1n) is 3.49. The molecule has 6 nitrogen and oxygen atoms in total. The van der Waals surface area contributed by atoms with Crippen LogP contribution in [0, 0.1) is 0 Å². The van der Waals surface area contributed by atoms with E-state index in [0.717, 1.165) is 11.8 Å². The van der Waals surface area contributed by atoms with Crippen molar-refractivity contribution in [1.82, 2.24) is 0 Å². The second-order valence-electron chi connectivity index (χ2n) is 2.43. The van der Waals surface area contributed by atoms with Crippen LogP contribution in [-0.2, 0) is 9.59 Å². The van der Waals surface area contributed by atoms with Crippen LogP contribution >= 0.6 is 11.8 Å². The van der Waals surface area contributed by atoms with Crippen molar-refractivity contribution in [1.29, 1.82) is 0 Å². The molecule has 2 atom stereocenters. The van der Waals surface area contributed by atoms with Gasteiger partial charge in [-0.2, -0.15) is 11.8 Å². The van der Waals surface area contributed by atoms with E-state index in [1.54, 1.807) is 0 Å². The summed E-state index contributed by atoms with van der Waals surface area (Å²) in [6.45, 7) is 0. The summed E-state index contributed by atoms with van der Waals surface area (Å²) in [7, 11) is 0. The standard InChI is InChI=1S/C6H12N2O4S/c7-3(5(9)10)1-13-2-4(8)6(11)12/h3-4H,1-2,7-8H2,(H,9,10)(H,11,12)/t3-,4?/m0/s1/i1+1,3+1,5+1/t3?,4-. The molecule has 76 valence electrons. The third-order valence-electron chi connectivity index (χ3n) is 1.23. The van der Waals surface area contributed by atoms with E-state index in [1.165, 1.54) is 0 Å². The van der Waals surface area contributed by atoms with E-state index in [-0.39, 0.29) is 11.5 Å². The van der Waals surface area contributed by atoms with Gasteiger partial charge in [0.1, 0.15) is 12.1 Å². The summed E-state index contributed by atoms with van der Waals surface area (Å²) in [4.78, 5) is 20.4. The van der Waals surface area contributed by atoms with Gasteiger partial charge in [0.25, 0.3) is 0 Å². The monoisotopic (exact) mass is 211 g/mol. The summed E-state index contributed by atoms with van der Waals surface area (Å²) in [6, 6.07) is -1.93. The summed E-state index contributed by atoms with van der Waals surface area (Å²) >= 11 is 1.11. The molecule has 7 heteroatoms. The molecule has 0 saturated carbocycles. The van der Waals surface area contributed by atoms with E-state index in [4.69, 9.17) is 21.7 Å². The van der Waals surface area contributed by atoms with Gasteiger partial charge in [-0.3, -0.25) is 9.59 Å². The number of hydrogen-bond donors (Lipinski definition) is 4. The third kappa shape index (κ3) is 5.45.